The van der Waals surface area contributed by atoms with Crippen LogP contribution < -0.4 is 5.73 Å². The van der Waals surface area contributed by atoms with Gasteiger partial charge in [-0.1, -0.05) is 26.2 Å². The zero-order valence-corrected chi connectivity index (χ0v) is 13.7. The van der Waals surface area contributed by atoms with Gasteiger partial charge in [-0.25, -0.2) is 15.0 Å². The van der Waals surface area contributed by atoms with Crippen LogP contribution in [-0.4, -0.2) is 47.5 Å². The summed E-state index contributed by atoms with van der Waals surface area (Å²) in [6.07, 6.45) is 5.53. The molecule has 1 unspecified atom stereocenters. The topological polar surface area (TPSA) is 119 Å². The van der Waals surface area contributed by atoms with E-state index in [1.807, 2.05) is 0 Å². The second-order valence-electron chi connectivity index (χ2n) is 6.88. The highest BCUT2D eigenvalue weighted by atomic mass is 16.6. The minimum atomic E-state index is -1.02. The monoisotopic (exact) mass is 333 g/mol. The minimum absolute atomic E-state index is 0.283. The summed E-state index contributed by atoms with van der Waals surface area (Å²) in [5.74, 6) is 0.582. The number of aliphatic hydroxyl groups excluding tert-OH is 2. The van der Waals surface area contributed by atoms with Gasteiger partial charge in [-0.3, -0.25) is 4.57 Å². The molecule has 2 aliphatic rings. The molecule has 0 radical (unpaired) electrons. The predicted molar refractivity (Wildman–Crippen MR) is 86.9 cm³/mol. The van der Waals surface area contributed by atoms with Crippen LogP contribution in [0.5, 0.6) is 0 Å². The van der Waals surface area contributed by atoms with Crippen LogP contribution in [0.2, 0.25) is 0 Å². The number of nitrogen functional groups attached to an aromatic ring is 1. The number of unbranched alkanes of at least 4 members (excludes halogenated alkanes) is 2. The Hall–Kier alpha value is -1.77. The summed E-state index contributed by atoms with van der Waals surface area (Å²) >= 11 is 0. The summed E-state index contributed by atoms with van der Waals surface area (Å²) in [6.45, 7) is 2.17. The van der Waals surface area contributed by atoms with Gasteiger partial charge in [0.25, 0.3) is 0 Å². The van der Waals surface area contributed by atoms with Gasteiger partial charge in [0.15, 0.2) is 17.7 Å². The van der Waals surface area contributed by atoms with E-state index in [-0.39, 0.29) is 5.82 Å². The van der Waals surface area contributed by atoms with Crippen molar-refractivity contribution in [1.82, 2.24) is 19.5 Å². The Balaban J connectivity index is 1.58. The number of anilines is 1. The first-order valence-electron chi connectivity index (χ1n) is 8.55. The number of hydrogen-bond acceptors (Lipinski definition) is 7. The highest BCUT2D eigenvalue weighted by Crippen LogP contribution is 2.59. The van der Waals surface area contributed by atoms with Crippen molar-refractivity contribution in [2.75, 3.05) is 5.73 Å². The summed E-state index contributed by atoms with van der Waals surface area (Å²) in [5.41, 5.74) is 6.14. The van der Waals surface area contributed by atoms with Crippen LogP contribution >= 0.6 is 0 Å². The van der Waals surface area contributed by atoms with Crippen molar-refractivity contribution >= 4 is 17.0 Å². The number of nitrogens with two attached hydrogens (primary N) is 1. The standard InChI is InChI=1S/C16H23N5O3/c1-2-3-4-5-9-6-16(9)12(23)11(22)15(24-16)21-8-20-10-13(17)18-7-19-14(10)21/h7-9,11-12,15,22-23H,2-6H2,1H3,(H2,17,18,19)/t9-,11-,12?,15+,16-/m0/s1. The molecule has 1 spiro atoms. The van der Waals surface area contributed by atoms with Crippen LogP contribution in [0, 0.1) is 5.92 Å². The first-order valence-corrected chi connectivity index (χ1v) is 8.55. The zero-order valence-electron chi connectivity index (χ0n) is 13.7. The first kappa shape index (κ1) is 15.7. The number of aliphatic hydroxyl groups is 2. The number of hydrogen-bond donors (Lipinski definition) is 3. The molecule has 0 amide bonds. The Labute approximate surface area is 139 Å². The van der Waals surface area contributed by atoms with E-state index in [0.29, 0.717) is 17.1 Å². The normalized spacial score (nSPS) is 35.1. The summed E-state index contributed by atoms with van der Waals surface area (Å²) in [5, 5.41) is 21.1. The number of fused-ring (bicyclic) bond motifs is 1. The second-order valence-corrected chi connectivity index (χ2v) is 6.88. The highest BCUT2D eigenvalue weighted by Gasteiger charge is 2.68. The first-order chi connectivity index (χ1) is 11.6. The average Bonchev–Trinajstić information content (AvgIpc) is 2.99. The highest BCUT2D eigenvalue weighted by molar-refractivity contribution is 5.81. The largest absolute Gasteiger partial charge is 0.387 e. The molecule has 8 heteroatoms. The molecule has 3 heterocycles. The third-order valence-corrected chi connectivity index (χ3v) is 5.37. The van der Waals surface area contributed by atoms with Crippen molar-refractivity contribution < 1.29 is 14.9 Å². The van der Waals surface area contributed by atoms with E-state index in [1.54, 1.807) is 4.57 Å². The molecule has 0 aromatic carbocycles. The van der Waals surface area contributed by atoms with Gasteiger partial charge in [-0.05, 0) is 18.8 Å². The van der Waals surface area contributed by atoms with Gasteiger partial charge in [0.1, 0.15) is 29.7 Å². The number of rotatable bonds is 5. The Kier molecular flexibility index (Phi) is 3.70. The van der Waals surface area contributed by atoms with Crippen LogP contribution in [0.3, 0.4) is 0 Å². The molecule has 130 valence electrons. The van der Waals surface area contributed by atoms with E-state index in [1.165, 1.54) is 19.1 Å². The van der Waals surface area contributed by atoms with Gasteiger partial charge >= 0.3 is 0 Å². The molecular weight excluding hydrogens is 310 g/mol. The summed E-state index contributed by atoms with van der Waals surface area (Å²) in [6, 6.07) is 0. The van der Waals surface area contributed by atoms with Crippen molar-refractivity contribution in [3.63, 3.8) is 0 Å². The maximum atomic E-state index is 10.5. The quantitative estimate of drug-likeness (QED) is 0.698. The van der Waals surface area contributed by atoms with Crippen LogP contribution in [0.25, 0.3) is 11.2 Å². The molecule has 1 saturated heterocycles. The predicted octanol–water partition coefficient (Wildman–Crippen LogP) is 0.998. The van der Waals surface area contributed by atoms with E-state index in [0.717, 1.165) is 25.7 Å². The van der Waals surface area contributed by atoms with Gasteiger partial charge in [0.2, 0.25) is 0 Å². The summed E-state index contributed by atoms with van der Waals surface area (Å²) in [7, 11) is 0. The van der Waals surface area contributed by atoms with E-state index >= 15 is 0 Å². The van der Waals surface area contributed by atoms with E-state index in [9.17, 15) is 10.2 Å². The smallest absolute Gasteiger partial charge is 0.167 e. The Morgan fingerprint density at radius 3 is 2.96 bits per heavy atom. The van der Waals surface area contributed by atoms with E-state index in [2.05, 4.69) is 21.9 Å². The van der Waals surface area contributed by atoms with Gasteiger partial charge < -0.3 is 20.7 Å². The SMILES string of the molecule is CCCCC[C@H]1C[C@]12O[C@@H](n1cnc3c(N)ncnc31)[C@@H](O)C2O. The van der Waals surface area contributed by atoms with Gasteiger partial charge in [-0.15, -0.1) is 0 Å². The lowest BCUT2D eigenvalue weighted by atomic mass is 10.0. The molecule has 2 aromatic heterocycles. The lowest BCUT2D eigenvalue weighted by Crippen LogP contribution is -2.33. The van der Waals surface area contributed by atoms with Crippen LogP contribution in [0.1, 0.15) is 45.3 Å². The molecular formula is C16H23N5O3. The number of ether oxygens (including phenoxy) is 1. The van der Waals surface area contributed by atoms with Gasteiger partial charge in [0.05, 0.1) is 6.33 Å². The van der Waals surface area contributed by atoms with Crippen molar-refractivity contribution in [2.24, 2.45) is 5.92 Å². The minimum Gasteiger partial charge on any atom is -0.387 e. The fourth-order valence-corrected chi connectivity index (χ4v) is 3.91. The lowest BCUT2D eigenvalue weighted by molar-refractivity contribution is -0.0537. The van der Waals surface area contributed by atoms with Gasteiger partial charge in [0, 0.05) is 0 Å². The third-order valence-electron chi connectivity index (χ3n) is 5.37. The Morgan fingerprint density at radius 2 is 2.17 bits per heavy atom. The molecule has 2 fully saturated rings. The lowest BCUT2D eigenvalue weighted by Gasteiger charge is -2.16. The third kappa shape index (κ3) is 2.21. The Morgan fingerprint density at radius 1 is 1.33 bits per heavy atom. The fraction of sp³-hybridized carbons (Fsp3) is 0.688. The van der Waals surface area contributed by atoms with Crippen molar-refractivity contribution in [1.29, 1.82) is 0 Å². The summed E-state index contributed by atoms with van der Waals surface area (Å²) in [4.78, 5) is 12.3. The molecule has 4 N–H and O–H groups in total. The molecule has 1 aliphatic carbocycles. The van der Waals surface area contributed by atoms with Crippen LogP contribution in [0.4, 0.5) is 5.82 Å². The Bertz CT molecular complexity index is 750. The molecule has 4 rings (SSSR count). The van der Waals surface area contributed by atoms with Crippen molar-refractivity contribution in [2.45, 2.75) is 63.1 Å². The zero-order chi connectivity index (χ0) is 16.9. The molecule has 1 saturated carbocycles. The maximum Gasteiger partial charge on any atom is 0.167 e. The van der Waals surface area contributed by atoms with E-state index < -0.39 is 24.0 Å². The van der Waals surface area contributed by atoms with Gasteiger partial charge in [-0.2, -0.15) is 0 Å². The average molecular weight is 333 g/mol. The molecule has 5 atom stereocenters. The number of aromatic nitrogens is 4. The van der Waals surface area contributed by atoms with Crippen molar-refractivity contribution in [3.8, 4) is 0 Å². The number of nitrogens with zero attached hydrogens (tertiary/aromatic N) is 4. The van der Waals surface area contributed by atoms with E-state index in [4.69, 9.17) is 10.5 Å². The second kappa shape index (κ2) is 5.65. The molecule has 24 heavy (non-hydrogen) atoms. The number of imidazole rings is 1. The molecule has 1 aliphatic heterocycles. The molecule has 8 nitrogen and oxygen atoms in total. The fourth-order valence-electron chi connectivity index (χ4n) is 3.91. The molecule has 0 bridgehead atoms. The van der Waals surface area contributed by atoms with Crippen LogP contribution in [0.15, 0.2) is 12.7 Å². The van der Waals surface area contributed by atoms with Crippen molar-refractivity contribution in [3.05, 3.63) is 12.7 Å². The van der Waals surface area contributed by atoms with Crippen LogP contribution in [-0.2, 0) is 4.74 Å². The molecule has 2 aromatic rings. The summed E-state index contributed by atoms with van der Waals surface area (Å²) < 4.78 is 7.78. The maximum absolute atomic E-state index is 10.5.